The molecule has 25 heavy (non-hydrogen) atoms. The third-order valence-electron chi connectivity index (χ3n) is 4.14. The predicted octanol–water partition coefficient (Wildman–Crippen LogP) is 2.81. The third kappa shape index (κ3) is 2.42. The van der Waals surface area contributed by atoms with E-state index in [9.17, 15) is 0 Å². The second-order valence-corrected chi connectivity index (χ2v) is 5.79. The van der Waals surface area contributed by atoms with Crippen molar-refractivity contribution < 1.29 is 0 Å². The number of hydrogen-bond donors (Lipinski definition) is 1. The molecule has 0 saturated heterocycles. The molecule has 5 rings (SSSR count). The maximum atomic E-state index is 4.70. The number of aromatic amines is 1. The van der Waals surface area contributed by atoms with E-state index in [0.717, 1.165) is 33.4 Å². The Bertz CT molecular complexity index is 1170. The molecular weight excluding hydrogens is 314 g/mol. The smallest absolute Gasteiger partial charge is 0.197 e. The molecule has 0 amide bonds. The summed E-state index contributed by atoms with van der Waals surface area (Å²) >= 11 is 0. The Morgan fingerprint density at radius 2 is 2.04 bits per heavy atom. The Balaban J connectivity index is 1.56. The Morgan fingerprint density at radius 1 is 1.04 bits per heavy atom. The minimum atomic E-state index is 0.634. The zero-order chi connectivity index (χ0) is 16.6. The van der Waals surface area contributed by atoms with Crippen LogP contribution in [0.15, 0.2) is 61.4 Å². The number of fused-ring (bicyclic) bond motifs is 2. The zero-order valence-electron chi connectivity index (χ0n) is 13.2. The lowest BCUT2D eigenvalue weighted by Gasteiger charge is -2.06. The van der Waals surface area contributed by atoms with Crippen LogP contribution >= 0.6 is 0 Å². The summed E-state index contributed by atoms with van der Waals surface area (Å²) in [4.78, 5) is 17.8. The summed E-state index contributed by atoms with van der Waals surface area (Å²) in [5.41, 5.74) is 5.21. The van der Waals surface area contributed by atoms with Crippen molar-refractivity contribution in [3.8, 4) is 11.3 Å². The first-order chi connectivity index (χ1) is 12.4. The van der Waals surface area contributed by atoms with E-state index in [1.807, 2.05) is 16.7 Å². The van der Waals surface area contributed by atoms with Crippen molar-refractivity contribution >= 4 is 22.2 Å². The van der Waals surface area contributed by atoms with Gasteiger partial charge in [0, 0.05) is 23.3 Å². The number of benzene rings is 1. The van der Waals surface area contributed by atoms with Crippen LogP contribution in [0.1, 0.15) is 5.56 Å². The lowest BCUT2D eigenvalue weighted by molar-refractivity contribution is 0.815. The van der Waals surface area contributed by atoms with Crippen LogP contribution < -0.4 is 0 Å². The first-order valence-electron chi connectivity index (χ1n) is 7.87. The normalized spacial score (nSPS) is 11.4. The molecule has 0 aliphatic rings. The molecule has 120 valence electrons. The summed E-state index contributed by atoms with van der Waals surface area (Å²) in [5, 5.41) is 7.88. The number of rotatable bonds is 3. The second-order valence-electron chi connectivity index (χ2n) is 5.79. The molecule has 1 N–H and O–H groups in total. The van der Waals surface area contributed by atoms with E-state index in [1.54, 1.807) is 31.1 Å². The van der Waals surface area contributed by atoms with E-state index < -0.39 is 0 Å². The molecule has 0 aliphatic heterocycles. The molecule has 0 spiro atoms. The highest BCUT2D eigenvalue weighted by atomic mass is 15.1. The van der Waals surface area contributed by atoms with Crippen molar-refractivity contribution in [3.05, 3.63) is 67.0 Å². The Hall–Kier alpha value is -3.61. The molecule has 0 atom stereocenters. The highest BCUT2D eigenvalue weighted by molar-refractivity contribution is 5.79. The van der Waals surface area contributed by atoms with Gasteiger partial charge in [-0.3, -0.25) is 10.1 Å². The Morgan fingerprint density at radius 3 is 2.96 bits per heavy atom. The summed E-state index contributed by atoms with van der Waals surface area (Å²) in [5.74, 6) is 0. The third-order valence-corrected chi connectivity index (χ3v) is 4.14. The Labute approximate surface area is 142 Å². The quantitative estimate of drug-likeness (QED) is 0.551. The van der Waals surface area contributed by atoms with Gasteiger partial charge in [-0.05, 0) is 23.8 Å². The molecule has 0 bridgehead atoms. The number of H-pyrrole nitrogens is 1. The Kier molecular flexibility index (Phi) is 3.03. The fourth-order valence-electron chi connectivity index (χ4n) is 2.90. The largest absolute Gasteiger partial charge is 0.309 e. The van der Waals surface area contributed by atoms with E-state index in [-0.39, 0.29) is 0 Å². The minimum absolute atomic E-state index is 0.634. The van der Waals surface area contributed by atoms with Gasteiger partial charge in [0.05, 0.1) is 36.5 Å². The van der Waals surface area contributed by atoms with Gasteiger partial charge in [-0.1, -0.05) is 12.1 Å². The summed E-state index contributed by atoms with van der Waals surface area (Å²) < 4.78 is 2.00. The fourth-order valence-corrected chi connectivity index (χ4v) is 2.90. The first kappa shape index (κ1) is 13.8. The van der Waals surface area contributed by atoms with Gasteiger partial charge >= 0.3 is 0 Å². The van der Waals surface area contributed by atoms with Crippen LogP contribution in [-0.2, 0) is 6.54 Å². The second kappa shape index (κ2) is 5.48. The highest BCUT2D eigenvalue weighted by Crippen LogP contribution is 2.19. The maximum Gasteiger partial charge on any atom is 0.197 e. The molecule has 5 aromatic rings. The monoisotopic (exact) mass is 327 g/mol. The fraction of sp³-hybridized carbons (Fsp3) is 0.0556. The summed E-state index contributed by atoms with van der Waals surface area (Å²) in [7, 11) is 0. The van der Waals surface area contributed by atoms with Gasteiger partial charge in [-0.2, -0.15) is 5.10 Å². The van der Waals surface area contributed by atoms with E-state index in [0.29, 0.717) is 12.2 Å². The summed E-state index contributed by atoms with van der Waals surface area (Å²) in [6.07, 6.45) is 8.82. The molecule has 4 aromatic heterocycles. The van der Waals surface area contributed by atoms with Crippen LogP contribution in [0.5, 0.6) is 0 Å². The maximum absolute atomic E-state index is 4.70. The van der Waals surface area contributed by atoms with Crippen LogP contribution in [0.3, 0.4) is 0 Å². The number of pyridine rings is 1. The molecule has 0 unspecified atom stereocenters. The van der Waals surface area contributed by atoms with Crippen LogP contribution in [0.2, 0.25) is 0 Å². The summed E-state index contributed by atoms with van der Waals surface area (Å²) in [6, 6.07) is 10.3. The van der Waals surface area contributed by atoms with E-state index in [1.165, 1.54) is 0 Å². The van der Waals surface area contributed by atoms with Crippen LogP contribution in [0.4, 0.5) is 0 Å². The molecule has 0 fully saturated rings. The lowest BCUT2D eigenvalue weighted by atomic mass is 10.1. The average molecular weight is 327 g/mol. The molecular formula is C18H13N7. The van der Waals surface area contributed by atoms with Crippen LogP contribution in [-0.4, -0.2) is 34.7 Å². The molecule has 4 heterocycles. The van der Waals surface area contributed by atoms with E-state index in [4.69, 9.17) is 4.98 Å². The van der Waals surface area contributed by atoms with Gasteiger partial charge in [-0.25, -0.2) is 15.0 Å². The molecule has 0 radical (unpaired) electrons. The van der Waals surface area contributed by atoms with Crippen LogP contribution in [0, 0.1) is 0 Å². The van der Waals surface area contributed by atoms with Crippen molar-refractivity contribution in [3.63, 3.8) is 0 Å². The van der Waals surface area contributed by atoms with E-state index >= 15 is 0 Å². The van der Waals surface area contributed by atoms with Gasteiger partial charge in [0.1, 0.15) is 0 Å². The highest BCUT2D eigenvalue weighted by Gasteiger charge is 2.09. The molecule has 1 aromatic carbocycles. The molecule has 0 saturated carbocycles. The number of nitrogens with zero attached hydrogens (tertiary/aromatic N) is 6. The first-order valence-corrected chi connectivity index (χ1v) is 7.87. The van der Waals surface area contributed by atoms with Crippen molar-refractivity contribution in [2.75, 3.05) is 0 Å². The van der Waals surface area contributed by atoms with Gasteiger partial charge in [0.25, 0.3) is 0 Å². The lowest BCUT2D eigenvalue weighted by Crippen LogP contribution is -2.00. The van der Waals surface area contributed by atoms with Gasteiger partial charge in [0.15, 0.2) is 11.3 Å². The van der Waals surface area contributed by atoms with Gasteiger partial charge in [0.2, 0.25) is 0 Å². The SMILES string of the molecule is c1cnc2ccc(Cn3cnc4ncc(-c5cn[nH]c5)nc43)cc2c1. The number of aromatic nitrogens is 7. The minimum Gasteiger partial charge on any atom is -0.309 e. The van der Waals surface area contributed by atoms with Crippen molar-refractivity contribution in [1.29, 1.82) is 0 Å². The molecule has 0 aliphatic carbocycles. The predicted molar refractivity (Wildman–Crippen MR) is 93.7 cm³/mol. The van der Waals surface area contributed by atoms with Gasteiger partial charge in [-0.15, -0.1) is 0 Å². The molecule has 7 heteroatoms. The van der Waals surface area contributed by atoms with Gasteiger partial charge < -0.3 is 4.57 Å². The topological polar surface area (TPSA) is 85.2 Å². The number of imidazole rings is 1. The zero-order valence-corrected chi connectivity index (χ0v) is 13.2. The van der Waals surface area contributed by atoms with Crippen LogP contribution in [0.25, 0.3) is 33.5 Å². The van der Waals surface area contributed by atoms with E-state index in [2.05, 4.69) is 43.3 Å². The van der Waals surface area contributed by atoms with Crippen molar-refractivity contribution in [2.45, 2.75) is 6.54 Å². The number of nitrogens with one attached hydrogen (secondary N) is 1. The van der Waals surface area contributed by atoms with Crippen molar-refractivity contribution in [1.82, 2.24) is 34.7 Å². The summed E-state index contributed by atoms with van der Waals surface area (Å²) in [6.45, 7) is 0.671. The average Bonchev–Trinajstić information content (AvgIpc) is 3.32. The standard InChI is InChI=1S/C18H13N7/c1-2-13-6-12(3-4-15(13)19-5-1)10-25-11-21-17-18(25)24-16(9-20-17)14-7-22-23-8-14/h1-9,11H,10H2,(H,22,23). The van der Waals surface area contributed by atoms with Crippen molar-refractivity contribution in [2.24, 2.45) is 0 Å². The number of hydrogen-bond acceptors (Lipinski definition) is 5. The molecule has 7 nitrogen and oxygen atoms in total.